The van der Waals surface area contributed by atoms with E-state index in [-0.39, 0.29) is 84.2 Å². The van der Waals surface area contributed by atoms with Gasteiger partial charge in [-0.2, -0.15) is 44.7 Å². The Balaban J connectivity index is 0.000000495. The van der Waals surface area contributed by atoms with Gasteiger partial charge in [0.15, 0.2) is 0 Å². The van der Waals surface area contributed by atoms with Gasteiger partial charge in [-0.3, -0.25) is 29.3 Å². The van der Waals surface area contributed by atoms with Gasteiger partial charge < -0.3 is 29.8 Å². The largest absolute Gasteiger partial charge is 2.00 e. The number of ether oxygens (including phenoxy) is 3. The van der Waals surface area contributed by atoms with Crippen LogP contribution >= 0.6 is 12.2 Å². The molecule has 0 atom stereocenters. The van der Waals surface area contributed by atoms with E-state index in [1.807, 2.05) is 6.07 Å². The Labute approximate surface area is 407 Å². The summed E-state index contributed by atoms with van der Waals surface area (Å²) in [7, 11) is 0. The van der Waals surface area contributed by atoms with Gasteiger partial charge in [0.25, 0.3) is 19.4 Å². The molecule has 0 bridgehead atoms. The summed E-state index contributed by atoms with van der Waals surface area (Å²) in [5, 5.41) is 15.3. The maximum absolute atomic E-state index is 12.8. The standard InChI is InChI=1S/C26H17F6N3O6.C18H23F3N3.CNS.Ru/c27-25(28,29)11-19(40-14-37)5-16-1-3-33-21(7-16)23-9-18(39-13-36)10-24(35-23)22-8-17(2-4-34-22)6-20(41-15-38)12-26(30,31)32;1-2-3-4-5-6-7-8-9-14-10-11-22-15(12-14)16-13-17(24-23-16)18(19,20)21;2-1-3;/h1-10,13-15H,11-12H2;10-13H,2-9H2,1H3;;/q;2*-1;+2/b19-5+,20-6+;;;. The summed E-state index contributed by atoms with van der Waals surface area (Å²) in [6.07, 6.45) is -1.17. The van der Waals surface area contributed by atoms with Gasteiger partial charge >= 0.3 is 38.0 Å². The van der Waals surface area contributed by atoms with E-state index in [1.54, 1.807) is 12.3 Å². The van der Waals surface area contributed by atoms with Crippen molar-refractivity contribution in [2.75, 3.05) is 0 Å². The van der Waals surface area contributed by atoms with Crippen molar-refractivity contribution in [1.29, 1.82) is 0 Å². The number of unbranched alkanes of at least 4 members (excludes halogenated alkanes) is 6. The minimum absolute atomic E-state index is 0. The smallest absolute Gasteiger partial charge is 0.753 e. The van der Waals surface area contributed by atoms with Crippen LogP contribution in [0.2, 0.25) is 0 Å². The summed E-state index contributed by atoms with van der Waals surface area (Å²) in [4.78, 5) is 49.1. The Morgan fingerprint density at radius 3 is 1.59 bits per heavy atom. The molecule has 13 nitrogen and oxygen atoms in total. The molecule has 0 amide bonds. The summed E-state index contributed by atoms with van der Waals surface area (Å²) in [6.45, 7) is 2.06. The fraction of sp³-hybridized carbons (Fsp3) is 0.311. The molecule has 5 aromatic heterocycles. The molecule has 0 unspecified atom stereocenters. The Bertz CT molecular complexity index is 2410. The van der Waals surface area contributed by atoms with Crippen LogP contribution in [0.1, 0.15) is 87.1 Å². The monoisotopic (exact) mass is 1080 g/mol. The van der Waals surface area contributed by atoms with Crippen LogP contribution in [0.5, 0.6) is 5.75 Å². The number of aromatic nitrogens is 6. The first-order chi connectivity index (χ1) is 32.3. The first-order valence-electron chi connectivity index (χ1n) is 20.2. The topological polar surface area (TPSA) is 180 Å². The van der Waals surface area contributed by atoms with Gasteiger partial charge in [-0.15, -0.1) is 0 Å². The van der Waals surface area contributed by atoms with Crippen molar-refractivity contribution < 1.29 is 87.6 Å². The summed E-state index contributed by atoms with van der Waals surface area (Å²) >= 11 is 3.70. The van der Waals surface area contributed by atoms with Gasteiger partial charge in [-0.1, -0.05) is 63.4 Å². The zero-order chi connectivity index (χ0) is 50.2. The van der Waals surface area contributed by atoms with Crippen molar-refractivity contribution in [1.82, 2.24) is 30.1 Å². The average Bonchev–Trinajstić information content (AvgIpc) is 3.78. The fourth-order valence-corrected chi connectivity index (χ4v) is 6.00. The molecule has 0 aliphatic carbocycles. The van der Waals surface area contributed by atoms with Gasteiger partial charge in [-0.05, 0) is 84.1 Å². The Morgan fingerprint density at radius 2 is 1.14 bits per heavy atom. The molecule has 0 aliphatic rings. The molecular weight excluding hydrogens is 1040 g/mol. The fourth-order valence-electron chi connectivity index (χ4n) is 6.00. The van der Waals surface area contributed by atoms with Crippen LogP contribution in [0, 0.1) is 0 Å². The zero-order valence-electron chi connectivity index (χ0n) is 36.1. The van der Waals surface area contributed by atoms with Crippen molar-refractivity contribution in [3.8, 4) is 39.9 Å². The number of nitrogens with zero attached hydrogens (tertiary/aromatic N) is 7. The number of rotatable bonds is 21. The van der Waals surface area contributed by atoms with E-state index in [2.05, 4.69) is 58.7 Å². The molecule has 0 radical (unpaired) electrons. The predicted molar refractivity (Wildman–Crippen MR) is 232 cm³/mol. The maximum atomic E-state index is 12.8. The second-order valence-electron chi connectivity index (χ2n) is 14.1. The van der Waals surface area contributed by atoms with E-state index in [0.717, 1.165) is 36.6 Å². The first kappa shape index (κ1) is 58.6. The number of hydrogen-bond acceptors (Lipinski definition) is 12. The number of halogens is 9. The van der Waals surface area contributed by atoms with Gasteiger partial charge in [-0.25, -0.2) is 4.98 Å². The summed E-state index contributed by atoms with van der Waals surface area (Å²) in [6, 6.07) is 12.6. The van der Waals surface area contributed by atoms with Crippen molar-refractivity contribution in [3.05, 3.63) is 112 Å². The predicted octanol–water partition coefficient (Wildman–Crippen LogP) is 11.7. The molecule has 0 aliphatic heterocycles. The molecule has 5 heterocycles. The number of isothiocyanates is 1. The van der Waals surface area contributed by atoms with Crippen molar-refractivity contribution in [2.45, 2.75) is 89.7 Å². The minimum atomic E-state index is -4.65. The molecule has 24 heteroatoms. The molecule has 0 spiro atoms. The average molecular weight is 1080 g/mol. The zero-order valence-corrected chi connectivity index (χ0v) is 38.7. The third kappa shape index (κ3) is 22.4. The van der Waals surface area contributed by atoms with E-state index in [4.69, 9.17) is 10.1 Å². The molecule has 0 N–H and O–H groups in total. The number of thiocarbonyl (C=S) groups is 1. The normalized spacial score (nSPS) is 11.6. The van der Waals surface area contributed by atoms with Crippen LogP contribution in [-0.4, -0.2) is 62.0 Å². The van der Waals surface area contributed by atoms with Gasteiger partial charge in [0.05, 0.1) is 22.8 Å². The molecule has 69 heavy (non-hydrogen) atoms. The van der Waals surface area contributed by atoms with Crippen LogP contribution in [0.4, 0.5) is 39.5 Å². The van der Waals surface area contributed by atoms with E-state index in [9.17, 15) is 53.9 Å². The van der Waals surface area contributed by atoms with Crippen molar-refractivity contribution in [2.24, 2.45) is 0 Å². The number of pyridine rings is 4. The van der Waals surface area contributed by atoms with Crippen LogP contribution in [0.15, 0.2) is 84.7 Å². The van der Waals surface area contributed by atoms with E-state index in [1.165, 1.54) is 92.5 Å². The SMILES string of the molecule is CCCCCCCCCc1ccnc(-c2cc(C(F)(F)F)n[n-]2)c1.O=CO/C(=C/c1ccnc(-c2cc(OC=O)cc(-c3cc(/C=C(\CC(F)(F)F)OC=O)ccn3)n2)c1)CC(F)(F)F.[N-]=C=S.[Ru+2]. The van der Waals surface area contributed by atoms with Crippen molar-refractivity contribution in [3.63, 3.8) is 0 Å². The molecule has 0 saturated carbocycles. The Morgan fingerprint density at radius 1 is 0.667 bits per heavy atom. The second-order valence-corrected chi connectivity index (χ2v) is 14.3. The van der Waals surface area contributed by atoms with Gasteiger partial charge in [0.1, 0.15) is 35.8 Å². The molecule has 5 rings (SSSR count). The number of aryl methyl sites for hydroxylation is 1. The number of alkyl halides is 9. The third-order valence-corrected chi connectivity index (χ3v) is 8.86. The number of carbonyl (C=O) groups excluding carboxylic acids is 3. The Kier molecular flexibility index (Phi) is 25.0. The summed E-state index contributed by atoms with van der Waals surface area (Å²) in [5.41, 5.74) is 1.41. The number of allylic oxidation sites excluding steroid dienone is 2. The summed E-state index contributed by atoms with van der Waals surface area (Å²) < 4.78 is 129. The van der Waals surface area contributed by atoms with Gasteiger partial charge in [0, 0.05) is 36.4 Å². The summed E-state index contributed by atoms with van der Waals surface area (Å²) in [5.74, 6) is -1.38. The van der Waals surface area contributed by atoms with Crippen LogP contribution in [0.25, 0.3) is 51.7 Å². The third-order valence-electron chi connectivity index (χ3n) is 8.86. The minimum Gasteiger partial charge on any atom is -0.753 e. The van der Waals surface area contributed by atoms with E-state index < -0.39 is 48.6 Å². The molecular formula is C45H40F9N7O6RuS. The quantitative estimate of drug-likeness (QED) is 0.0129. The maximum Gasteiger partial charge on any atom is 2.00 e. The number of hydrogen-bond donors (Lipinski definition) is 0. The van der Waals surface area contributed by atoms with Crippen molar-refractivity contribution >= 4 is 48.9 Å². The van der Waals surface area contributed by atoms with Crippen LogP contribution < -0.4 is 9.84 Å². The van der Waals surface area contributed by atoms with E-state index >= 15 is 0 Å². The Hall–Kier alpha value is -6.51. The first-order valence-corrected chi connectivity index (χ1v) is 20.6. The van der Waals surface area contributed by atoms with Crippen LogP contribution in [0.3, 0.4) is 0 Å². The molecule has 5 aromatic rings. The van der Waals surface area contributed by atoms with E-state index in [0.29, 0.717) is 5.69 Å². The molecule has 0 fully saturated rings. The molecule has 0 saturated heterocycles. The van der Waals surface area contributed by atoms with Gasteiger partial charge in [0.2, 0.25) is 0 Å². The number of carbonyl (C=O) groups is 3. The van der Waals surface area contributed by atoms with Crippen LogP contribution in [-0.2, 0) is 55.9 Å². The molecule has 0 aromatic carbocycles. The molecule has 368 valence electrons. The second kappa shape index (κ2) is 29.4.